The van der Waals surface area contributed by atoms with Crippen LogP contribution in [0.2, 0.25) is 0 Å². The number of rotatable bonds is 7. The molecule has 4 rings (SSSR count). The van der Waals surface area contributed by atoms with E-state index in [2.05, 4.69) is 19.6 Å². The predicted molar refractivity (Wildman–Crippen MR) is 119 cm³/mol. The third kappa shape index (κ3) is 4.89. The van der Waals surface area contributed by atoms with Gasteiger partial charge >= 0.3 is 0 Å². The molecule has 0 spiro atoms. The molecule has 0 aromatic heterocycles. The zero-order valence-corrected chi connectivity index (χ0v) is 18.3. The van der Waals surface area contributed by atoms with Crippen LogP contribution in [0.3, 0.4) is 0 Å². The number of unbranched alkanes of at least 4 members (excludes halogenated alkanes) is 1. The van der Waals surface area contributed by atoms with Crippen LogP contribution in [-0.2, 0) is 12.8 Å². The molecule has 5 atom stereocenters. The molecule has 1 nitrogen and oxygen atoms in total. The molecule has 160 valence electrons. The van der Waals surface area contributed by atoms with E-state index in [1.165, 1.54) is 69.8 Å². The van der Waals surface area contributed by atoms with Crippen molar-refractivity contribution in [1.82, 2.24) is 0 Å². The Labute approximate surface area is 177 Å². The normalized spacial score (nSPS) is 31.6. The van der Waals surface area contributed by atoms with Crippen molar-refractivity contribution in [3.8, 4) is 5.75 Å². The van der Waals surface area contributed by atoms with Crippen molar-refractivity contribution in [2.75, 3.05) is 6.61 Å². The third-order valence-corrected chi connectivity index (χ3v) is 8.27. The summed E-state index contributed by atoms with van der Waals surface area (Å²) in [6.45, 7) is 6.43. The van der Waals surface area contributed by atoms with Crippen LogP contribution in [0.5, 0.6) is 5.75 Å². The number of fused-ring (bicyclic) bond motifs is 2. The summed E-state index contributed by atoms with van der Waals surface area (Å²) >= 11 is 0. The van der Waals surface area contributed by atoms with E-state index in [1.807, 2.05) is 0 Å². The molecule has 5 unspecified atom stereocenters. The number of ether oxygens (including phenoxy) is 1. The SMILES string of the molecule is C=CCOc1cc(F)c2c(c1)CCC(C1CCC3CC(CCCC)CCC3C1)C2. The lowest BCUT2D eigenvalue weighted by Gasteiger charge is -2.45. The Morgan fingerprint density at radius 3 is 2.59 bits per heavy atom. The maximum atomic E-state index is 14.8. The first-order valence-corrected chi connectivity index (χ1v) is 12.2. The Balaban J connectivity index is 1.35. The first-order valence-electron chi connectivity index (χ1n) is 12.2. The summed E-state index contributed by atoms with van der Waals surface area (Å²) in [5.41, 5.74) is 2.14. The van der Waals surface area contributed by atoms with E-state index >= 15 is 0 Å². The number of benzene rings is 1. The molecule has 0 amide bonds. The zero-order valence-electron chi connectivity index (χ0n) is 18.3. The first-order chi connectivity index (χ1) is 14.2. The maximum absolute atomic E-state index is 14.8. The van der Waals surface area contributed by atoms with Gasteiger partial charge in [0.1, 0.15) is 18.2 Å². The highest BCUT2D eigenvalue weighted by Crippen LogP contribution is 2.49. The average Bonchev–Trinajstić information content (AvgIpc) is 2.75. The van der Waals surface area contributed by atoms with Gasteiger partial charge in [0.05, 0.1) is 0 Å². The quantitative estimate of drug-likeness (QED) is 0.432. The molecule has 0 radical (unpaired) electrons. The topological polar surface area (TPSA) is 9.23 Å². The van der Waals surface area contributed by atoms with Gasteiger partial charge < -0.3 is 4.74 Å². The van der Waals surface area contributed by atoms with Crippen molar-refractivity contribution in [2.45, 2.75) is 84.0 Å². The molecule has 0 bridgehead atoms. The summed E-state index contributed by atoms with van der Waals surface area (Å²) in [4.78, 5) is 0. The maximum Gasteiger partial charge on any atom is 0.130 e. The van der Waals surface area contributed by atoms with E-state index in [9.17, 15) is 4.39 Å². The zero-order chi connectivity index (χ0) is 20.2. The highest BCUT2D eigenvalue weighted by Gasteiger charge is 2.38. The summed E-state index contributed by atoms with van der Waals surface area (Å²) in [5.74, 6) is 5.02. The molecule has 0 heterocycles. The van der Waals surface area contributed by atoms with Crippen molar-refractivity contribution < 1.29 is 9.13 Å². The van der Waals surface area contributed by atoms with Gasteiger partial charge in [-0.15, -0.1) is 0 Å². The Hall–Kier alpha value is -1.31. The Bertz CT molecular complexity index is 696. The highest BCUT2D eigenvalue weighted by molar-refractivity contribution is 5.39. The molecule has 0 saturated heterocycles. The summed E-state index contributed by atoms with van der Waals surface area (Å²) in [7, 11) is 0. The van der Waals surface area contributed by atoms with Crippen LogP contribution >= 0.6 is 0 Å². The second-order valence-corrected chi connectivity index (χ2v) is 10.1. The number of halogens is 1. The second-order valence-electron chi connectivity index (χ2n) is 10.1. The van der Waals surface area contributed by atoms with Crippen molar-refractivity contribution >= 4 is 0 Å². The smallest absolute Gasteiger partial charge is 0.130 e. The molecule has 0 aliphatic heterocycles. The van der Waals surface area contributed by atoms with Gasteiger partial charge in [-0.1, -0.05) is 45.3 Å². The Kier molecular flexibility index (Phi) is 6.98. The molecular formula is C27H39FO. The highest BCUT2D eigenvalue weighted by atomic mass is 19.1. The van der Waals surface area contributed by atoms with Gasteiger partial charge in [0, 0.05) is 6.07 Å². The summed E-state index contributed by atoms with van der Waals surface area (Å²) in [6.07, 6.45) is 17.7. The minimum atomic E-state index is -0.0589. The van der Waals surface area contributed by atoms with Crippen molar-refractivity contribution in [3.63, 3.8) is 0 Å². The molecule has 2 saturated carbocycles. The second kappa shape index (κ2) is 9.67. The van der Waals surface area contributed by atoms with E-state index < -0.39 is 0 Å². The molecule has 1 aromatic carbocycles. The van der Waals surface area contributed by atoms with Gasteiger partial charge in [-0.3, -0.25) is 0 Å². The van der Waals surface area contributed by atoms with Gasteiger partial charge in [-0.25, -0.2) is 4.39 Å². The molecule has 0 N–H and O–H groups in total. The largest absolute Gasteiger partial charge is 0.489 e. The lowest BCUT2D eigenvalue weighted by atomic mass is 9.61. The fourth-order valence-electron chi connectivity index (χ4n) is 6.67. The van der Waals surface area contributed by atoms with Crippen molar-refractivity contribution in [1.29, 1.82) is 0 Å². The fraction of sp³-hybridized carbons (Fsp3) is 0.704. The molecule has 2 heteroatoms. The van der Waals surface area contributed by atoms with E-state index in [0.717, 1.165) is 42.1 Å². The molecule has 1 aromatic rings. The Morgan fingerprint density at radius 2 is 1.79 bits per heavy atom. The van der Waals surface area contributed by atoms with Crippen LogP contribution in [0.1, 0.15) is 82.3 Å². The van der Waals surface area contributed by atoms with E-state index in [4.69, 9.17) is 4.74 Å². The third-order valence-electron chi connectivity index (χ3n) is 8.27. The van der Waals surface area contributed by atoms with Gasteiger partial charge in [-0.2, -0.15) is 0 Å². The molecular weight excluding hydrogens is 359 g/mol. The van der Waals surface area contributed by atoms with E-state index in [0.29, 0.717) is 18.3 Å². The van der Waals surface area contributed by atoms with Crippen LogP contribution < -0.4 is 4.74 Å². The fourth-order valence-corrected chi connectivity index (χ4v) is 6.67. The van der Waals surface area contributed by atoms with Gasteiger partial charge in [-0.05, 0) is 98.1 Å². The molecule has 3 aliphatic carbocycles. The van der Waals surface area contributed by atoms with Crippen LogP contribution in [0.15, 0.2) is 24.8 Å². The van der Waals surface area contributed by atoms with Gasteiger partial charge in [0.2, 0.25) is 0 Å². The summed E-state index contributed by atoms with van der Waals surface area (Å²) in [6, 6.07) is 3.64. The van der Waals surface area contributed by atoms with E-state index in [1.54, 1.807) is 12.1 Å². The summed E-state index contributed by atoms with van der Waals surface area (Å²) in [5, 5.41) is 0. The van der Waals surface area contributed by atoms with Gasteiger partial charge in [0.25, 0.3) is 0 Å². The number of hydrogen-bond acceptors (Lipinski definition) is 1. The average molecular weight is 399 g/mol. The lowest BCUT2D eigenvalue weighted by Crippen LogP contribution is -2.35. The Morgan fingerprint density at radius 1 is 1.03 bits per heavy atom. The monoisotopic (exact) mass is 398 g/mol. The summed E-state index contributed by atoms with van der Waals surface area (Å²) < 4.78 is 20.4. The molecule has 29 heavy (non-hydrogen) atoms. The van der Waals surface area contributed by atoms with Crippen LogP contribution in [0.25, 0.3) is 0 Å². The minimum absolute atomic E-state index is 0.0589. The van der Waals surface area contributed by atoms with Crippen molar-refractivity contribution in [3.05, 3.63) is 41.7 Å². The minimum Gasteiger partial charge on any atom is -0.489 e. The van der Waals surface area contributed by atoms with E-state index in [-0.39, 0.29) is 5.82 Å². The molecule has 3 aliphatic rings. The lowest BCUT2D eigenvalue weighted by molar-refractivity contribution is 0.0688. The standard InChI is InChI=1S/C27H39FO/c1-3-5-6-19-7-8-21-15-22(10-9-20(21)14-19)23-11-12-24-16-25(29-13-4-2)18-27(28)26(24)17-23/h4,16,18-23H,2-3,5-15,17H2,1H3. The van der Waals surface area contributed by atoms with Crippen LogP contribution in [-0.4, -0.2) is 6.61 Å². The van der Waals surface area contributed by atoms with Gasteiger partial charge in [0.15, 0.2) is 0 Å². The predicted octanol–water partition coefficient (Wildman–Crippen LogP) is 7.52. The van der Waals surface area contributed by atoms with Crippen LogP contribution in [0.4, 0.5) is 4.39 Å². The molecule has 2 fully saturated rings. The van der Waals surface area contributed by atoms with Crippen molar-refractivity contribution in [2.24, 2.45) is 29.6 Å². The van der Waals surface area contributed by atoms with Crippen LogP contribution in [0, 0.1) is 35.4 Å². The number of hydrogen-bond donors (Lipinski definition) is 0. The number of aryl methyl sites for hydroxylation is 1. The first kappa shape index (κ1) is 20.9.